The van der Waals surface area contributed by atoms with Crippen molar-refractivity contribution in [3.8, 4) is 0 Å². The van der Waals surface area contributed by atoms with E-state index in [4.69, 9.17) is 11.6 Å². The van der Waals surface area contributed by atoms with E-state index in [0.717, 1.165) is 15.6 Å². The van der Waals surface area contributed by atoms with Crippen LogP contribution < -0.4 is 0 Å². The fraction of sp³-hybridized carbons (Fsp3) is 0.0833. The molecule has 2 aromatic heterocycles. The Labute approximate surface area is 111 Å². The molecule has 0 saturated carbocycles. The van der Waals surface area contributed by atoms with Gasteiger partial charge in [-0.2, -0.15) is 0 Å². The normalized spacial score (nSPS) is 13.1. The monoisotopic (exact) mass is 281 g/mol. The highest BCUT2D eigenvalue weighted by Gasteiger charge is 2.17. The first-order valence-electron chi connectivity index (χ1n) is 5.01. The van der Waals surface area contributed by atoms with Crippen molar-refractivity contribution in [1.82, 2.24) is 4.98 Å². The second-order valence-corrected chi connectivity index (χ2v) is 6.20. The SMILES string of the molecule is OC(c1ncc(Cl)s1)c1cccc2ccsc12. The maximum atomic E-state index is 10.3. The van der Waals surface area contributed by atoms with Crippen molar-refractivity contribution in [3.05, 3.63) is 50.7 Å². The van der Waals surface area contributed by atoms with Crippen LogP contribution in [0, 0.1) is 0 Å². The van der Waals surface area contributed by atoms with Crippen molar-refractivity contribution < 1.29 is 5.11 Å². The molecule has 1 unspecified atom stereocenters. The van der Waals surface area contributed by atoms with Crippen molar-refractivity contribution in [3.63, 3.8) is 0 Å². The summed E-state index contributed by atoms with van der Waals surface area (Å²) in [6.07, 6.45) is 0.870. The van der Waals surface area contributed by atoms with E-state index in [1.165, 1.54) is 11.3 Å². The second-order valence-electron chi connectivity index (χ2n) is 3.59. The third kappa shape index (κ3) is 1.98. The average molecular weight is 282 g/mol. The number of thiophene rings is 1. The predicted molar refractivity (Wildman–Crippen MR) is 73.0 cm³/mol. The van der Waals surface area contributed by atoms with Gasteiger partial charge in [0.15, 0.2) is 0 Å². The lowest BCUT2D eigenvalue weighted by Gasteiger charge is -2.08. The fourth-order valence-corrected chi connectivity index (χ4v) is 3.63. The summed E-state index contributed by atoms with van der Waals surface area (Å²) in [6, 6.07) is 7.96. The molecule has 0 bridgehead atoms. The maximum Gasteiger partial charge on any atom is 0.132 e. The zero-order valence-electron chi connectivity index (χ0n) is 8.63. The van der Waals surface area contributed by atoms with Crippen molar-refractivity contribution in [2.24, 2.45) is 0 Å². The molecule has 0 saturated heterocycles. The van der Waals surface area contributed by atoms with Gasteiger partial charge in [0.1, 0.15) is 15.4 Å². The summed E-state index contributed by atoms with van der Waals surface area (Å²) in [4.78, 5) is 4.12. The van der Waals surface area contributed by atoms with Gasteiger partial charge in [0, 0.05) is 10.3 Å². The summed E-state index contributed by atoms with van der Waals surface area (Å²) < 4.78 is 1.70. The molecule has 0 spiro atoms. The molecule has 0 amide bonds. The fourth-order valence-electron chi connectivity index (χ4n) is 1.76. The van der Waals surface area contributed by atoms with E-state index in [2.05, 4.69) is 4.98 Å². The van der Waals surface area contributed by atoms with Gasteiger partial charge in [-0.05, 0) is 16.8 Å². The summed E-state index contributed by atoms with van der Waals surface area (Å²) in [5, 5.41) is 14.1. The first-order valence-corrected chi connectivity index (χ1v) is 7.08. The summed E-state index contributed by atoms with van der Waals surface area (Å²) in [7, 11) is 0. The van der Waals surface area contributed by atoms with Gasteiger partial charge in [0.25, 0.3) is 0 Å². The zero-order chi connectivity index (χ0) is 11.8. The summed E-state index contributed by atoms with van der Waals surface area (Å²) in [5.74, 6) is 0. The predicted octanol–water partition coefficient (Wildman–Crippen LogP) is 4.09. The van der Waals surface area contributed by atoms with E-state index >= 15 is 0 Å². The molecule has 3 rings (SSSR count). The largest absolute Gasteiger partial charge is 0.381 e. The quantitative estimate of drug-likeness (QED) is 0.767. The Kier molecular flexibility index (Phi) is 2.88. The molecule has 17 heavy (non-hydrogen) atoms. The topological polar surface area (TPSA) is 33.1 Å². The van der Waals surface area contributed by atoms with Gasteiger partial charge in [-0.25, -0.2) is 4.98 Å². The van der Waals surface area contributed by atoms with Crippen LogP contribution in [0.2, 0.25) is 4.34 Å². The Morgan fingerprint density at radius 3 is 2.94 bits per heavy atom. The Morgan fingerprint density at radius 1 is 1.29 bits per heavy atom. The molecule has 0 aliphatic heterocycles. The van der Waals surface area contributed by atoms with Crippen LogP contribution in [-0.4, -0.2) is 10.1 Å². The maximum absolute atomic E-state index is 10.3. The first kappa shape index (κ1) is 11.2. The molecule has 2 nitrogen and oxygen atoms in total. The number of aromatic nitrogens is 1. The van der Waals surface area contributed by atoms with Gasteiger partial charge in [0.2, 0.25) is 0 Å². The van der Waals surface area contributed by atoms with Gasteiger partial charge in [0.05, 0.1) is 6.20 Å². The smallest absolute Gasteiger partial charge is 0.132 e. The molecule has 5 heteroatoms. The minimum atomic E-state index is -0.699. The highest BCUT2D eigenvalue weighted by Crippen LogP contribution is 2.34. The minimum absolute atomic E-state index is 0.595. The van der Waals surface area contributed by atoms with Crippen LogP contribution in [0.15, 0.2) is 35.8 Å². The van der Waals surface area contributed by atoms with Gasteiger partial charge in [-0.3, -0.25) is 0 Å². The Bertz CT molecular complexity index is 661. The summed E-state index contributed by atoms with van der Waals surface area (Å²) >= 11 is 8.77. The molecule has 0 radical (unpaired) electrons. The van der Waals surface area contributed by atoms with E-state index in [-0.39, 0.29) is 0 Å². The first-order chi connectivity index (χ1) is 8.25. The molecule has 3 aromatic rings. The molecule has 2 heterocycles. The van der Waals surface area contributed by atoms with E-state index < -0.39 is 6.10 Å². The number of halogens is 1. The lowest BCUT2D eigenvalue weighted by atomic mass is 10.1. The number of rotatable bonds is 2. The third-order valence-electron chi connectivity index (χ3n) is 2.53. The highest BCUT2D eigenvalue weighted by atomic mass is 35.5. The molecule has 86 valence electrons. The van der Waals surface area contributed by atoms with Crippen LogP contribution in [0.4, 0.5) is 0 Å². The van der Waals surface area contributed by atoms with Gasteiger partial charge >= 0.3 is 0 Å². The van der Waals surface area contributed by atoms with E-state index in [1.54, 1.807) is 17.5 Å². The lowest BCUT2D eigenvalue weighted by Crippen LogP contribution is -1.98. The van der Waals surface area contributed by atoms with Crippen LogP contribution in [0.3, 0.4) is 0 Å². The standard InChI is InChI=1S/C12H8ClNOS2/c13-9-6-14-12(17-9)10(15)8-3-1-2-7-4-5-16-11(7)8/h1-6,10,15H. The highest BCUT2D eigenvalue weighted by molar-refractivity contribution is 7.17. The molecule has 1 aromatic carbocycles. The number of aliphatic hydroxyl groups excluding tert-OH is 1. The van der Waals surface area contributed by atoms with Crippen LogP contribution in [0.25, 0.3) is 10.1 Å². The van der Waals surface area contributed by atoms with Crippen molar-refractivity contribution in [1.29, 1.82) is 0 Å². The van der Waals surface area contributed by atoms with Crippen molar-refractivity contribution >= 4 is 44.4 Å². The number of nitrogens with zero attached hydrogens (tertiary/aromatic N) is 1. The van der Waals surface area contributed by atoms with Crippen molar-refractivity contribution in [2.45, 2.75) is 6.10 Å². The van der Waals surface area contributed by atoms with Gasteiger partial charge in [-0.1, -0.05) is 29.8 Å². The van der Waals surface area contributed by atoms with Crippen molar-refractivity contribution in [2.75, 3.05) is 0 Å². The molecular weight excluding hydrogens is 274 g/mol. The van der Waals surface area contributed by atoms with E-state index in [0.29, 0.717) is 9.34 Å². The van der Waals surface area contributed by atoms with E-state index in [9.17, 15) is 5.11 Å². The van der Waals surface area contributed by atoms with E-state index in [1.807, 2.05) is 29.6 Å². The number of aliphatic hydroxyl groups is 1. The summed E-state index contributed by atoms with van der Waals surface area (Å²) in [6.45, 7) is 0. The zero-order valence-corrected chi connectivity index (χ0v) is 11.0. The Hall–Kier alpha value is -0.940. The number of hydrogen-bond acceptors (Lipinski definition) is 4. The second kappa shape index (κ2) is 4.38. The molecule has 0 aliphatic carbocycles. The van der Waals surface area contributed by atoms with Gasteiger partial charge < -0.3 is 5.11 Å². The van der Waals surface area contributed by atoms with Gasteiger partial charge in [-0.15, -0.1) is 22.7 Å². The number of benzene rings is 1. The molecular formula is C12H8ClNOS2. The molecule has 1 N–H and O–H groups in total. The Morgan fingerprint density at radius 2 is 2.18 bits per heavy atom. The Balaban J connectivity index is 2.12. The molecule has 0 fully saturated rings. The minimum Gasteiger partial charge on any atom is -0.381 e. The lowest BCUT2D eigenvalue weighted by molar-refractivity contribution is 0.221. The molecule has 0 aliphatic rings. The van der Waals surface area contributed by atoms with Crippen LogP contribution in [0.5, 0.6) is 0 Å². The number of fused-ring (bicyclic) bond motifs is 1. The average Bonchev–Trinajstić information content (AvgIpc) is 2.95. The number of hydrogen-bond donors (Lipinski definition) is 1. The third-order valence-corrected chi connectivity index (χ3v) is 4.68. The number of thiazole rings is 1. The van der Waals surface area contributed by atoms with Crippen LogP contribution in [-0.2, 0) is 0 Å². The van der Waals surface area contributed by atoms with Crippen LogP contribution in [0.1, 0.15) is 16.7 Å². The molecule has 1 atom stereocenters. The van der Waals surface area contributed by atoms with Crippen LogP contribution >= 0.6 is 34.3 Å². The summed E-state index contributed by atoms with van der Waals surface area (Å²) in [5.41, 5.74) is 0.892.